The number of benzene rings is 1. The smallest absolute Gasteiger partial charge is 0.224 e. The number of nitrogens with two attached hydrogens (primary N) is 1. The van der Waals surface area contributed by atoms with Gasteiger partial charge in [-0.25, -0.2) is 0 Å². The molecule has 104 valence electrons. The second-order valence-electron chi connectivity index (χ2n) is 4.94. The van der Waals surface area contributed by atoms with Gasteiger partial charge in [-0.1, -0.05) is 24.6 Å². The molecule has 2 rings (SSSR count). The van der Waals surface area contributed by atoms with Gasteiger partial charge in [-0.2, -0.15) is 5.26 Å². The summed E-state index contributed by atoms with van der Waals surface area (Å²) in [7, 11) is 0. The molecule has 0 aliphatic rings. The molecule has 1 aromatic heterocycles. The number of rotatable bonds is 4. The van der Waals surface area contributed by atoms with Gasteiger partial charge in [0.1, 0.15) is 17.5 Å². The van der Waals surface area contributed by atoms with Crippen molar-refractivity contribution in [3.8, 4) is 17.7 Å². The van der Waals surface area contributed by atoms with Crippen LogP contribution in [-0.4, -0.2) is 4.57 Å². The van der Waals surface area contributed by atoms with Crippen molar-refractivity contribution in [1.29, 1.82) is 5.26 Å². The van der Waals surface area contributed by atoms with Crippen LogP contribution in [-0.2, 0) is 0 Å². The topological polar surface area (TPSA) is 64.0 Å². The predicted octanol–water partition coefficient (Wildman–Crippen LogP) is 4.01. The molecule has 4 heteroatoms. The molecule has 0 radical (unpaired) electrons. The number of aromatic nitrogens is 1. The zero-order valence-corrected chi connectivity index (χ0v) is 12.1. The van der Waals surface area contributed by atoms with E-state index >= 15 is 0 Å². The molecule has 1 aromatic carbocycles. The number of nitrogens with zero attached hydrogens (tertiary/aromatic N) is 2. The second-order valence-corrected chi connectivity index (χ2v) is 4.94. The fourth-order valence-corrected chi connectivity index (χ4v) is 2.06. The zero-order valence-electron chi connectivity index (χ0n) is 12.1. The van der Waals surface area contributed by atoms with Crippen molar-refractivity contribution in [3.63, 3.8) is 0 Å². The average Bonchev–Trinajstić information content (AvgIpc) is 2.77. The van der Waals surface area contributed by atoms with E-state index in [0.717, 1.165) is 12.2 Å². The SMILES string of the molecule is CCC(C)n1c(C#N)cc(N)c1Oc1ccc(C)cc1. The minimum atomic E-state index is 0.155. The molecule has 0 aliphatic carbocycles. The van der Waals surface area contributed by atoms with Gasteiger partial charge in [-0.15, -0.1) is 0 Å². The number of aryl methyl sites for hydroxylation is 1. The van der Waals surface area contributed by atoms with Crippen LogP contribution in [0, 0.1) is 18.3 Å². The van der Waals surface area contributed by atoms with E-state index in [1.54, 1.807) is 6.07 Å². The Hall–Kier alpha value is -2.41. The lowest BCUT2D eigenvalue weighted by molar-refractivity contribution is 0.397. The van der Waals surface area contributed by atoms with Crippen molar-refractivity contribution in [1.82, 2.24) is 4.57 Å². The Morgan fingerprint density at radius 3 is 2.55 bits per heavy atom. The molecule has 0 bridgehead atoms. The van der Waals surface area contributed by atoms with Crippen molar-refractivity contribution in [2.75, 3.05) is 5.73 Å². The summed E-state index contributed by atoms with van der Waals surface area (Å²) >= 11 is 0. The molecular formula is C16H19N3O. The largest absolute Gasteiger partial charge is 0.439 e. The van der Waals surface area contributed by atoms with E-state index in [9.17, 15) is 5.26 Å². The monoisotopic (exact) mass is 269 g/mol. The summed E-state index contributed by atoms with van der Waals surface area (Å²) in [6.45, 7) is 6.13. The summed E-state index contributed by atoms with van der Waals surface area (Å²) in [4.78, 5) is 0. The summed E-state index contributed by atoms with van der Waals surface area (Å²) in [6, 6.07) is 11.7. The molecule has 1 unspecified atom stereocenters. The third-order valence-electron chi connectivity index (χ3n) is 3.40. The molecule has 2 aromatic rings. The third kappa shape index (κ3) is 2.62. The Balaban J connectivity index is 2.43. The molecule has 0 spiro atoms. The van der Waals surface area contributed by atoms with Crippen LogP contribution < -0.4 is 10.5 Å². The number of nitriles is 1. The van der Waals surface area contributed by atoms with E-state index in [4.69, 9.17) is 10.5 Å². The maximum Gasteiger partial charge on any atom is 0.224 e. The fourth-order valence-electron chi connectivity index (χ4n) is 2.06. The Labute approximate surface area is 119 Å². The van der Waals surface area contributed by atoms with Crippen LogP contribution in [0.4, 0.5) is 5.69 Å². The van der Waals surface area contributed by atoms with E-state index in [1.165, 1.54) is 5.56 Å². The van der Waals surface area contributed by atoms with E-state index in [2.05, 4.69) is 13.0 Å². The van der Waals surface area contributed by atoms with Crippen LogP contribution in [0.25, 0.3) is 0 Å². The number of hydrogen-bond donors (Lipinski definition) is 1. The highest BCUT2D eigenvalue weighted by Gasteiger charge is 2.18. The van der Waals surface area contributed by atoms with Crippen LogP contribution in [0.1, 0.15) is 37.6 Å². The first-order valence-corrected chi connectivity index (χ1v) is 6.72. The van der Waals surface area contributed by atoms with Crippen LogP contribution in [0.5, 0.6) is 11.6 Å². The van der Waals surface area contributed by atoms with Crippen molar-refractivity contribution < 1.29 is 4.74 Å². The Bertz CT molecular complexity index is 635. The first-order valence-electron chi connectivity index (χ1n) is 6.72. The highest BCUT2D eigenvalue weighted by Crippen LogP contribution is 2.34. The molecule has 2 N–H and O–H groups in total. The van der Waals surface area contributed by atoms with Gasteiger partial charge in [0, 0.05) is 12.1 Å². The second kappa shape index (κ2) is 5.70. The summed E-state index contributed by atoms with van der Waals surface area (Å²) in [5.74, 6) is 1.26. The number of hydrogen-bond acceptors (Lipinski definition) is 3. The van der Waals surface area contributed by atoms with Crippen molar-refractivity contribution >= 4 is 5.69 Å². The molecule has 0 fully saturated rings. The molecule has 1 heterocycles. The van der Waals surface area contributed by atoms with Crippen molar-refractivity contribution in [3.05, 3.63) is 41.6 Å². The normalized spacial score (nSPS) is 11.9. The van der Waals surface area contributed by atoms with Gasteiger partial charge in [-0.05, 0) is 32.4 Å². The molecular weight excluding hydrogens is 250 g/mol. The lowest BCUT2D eigenvalue weighted by Gasteiger charge is -2.17. The van der Waals surface area contributed by atoms with Crippen LogP contribution >= 0.6 is 0 Å². The minimum absolute atomic E-state index is 0.155. The molecule has 4 nitrogen and oxygen atoms in total. The van der Waals surface area contributed by atoms with Gasteiger partial charge in [-0.3, -0.25) is 4.57 Å². The van der Waals surface area contributed by atoms with Crippen LogP contribution in [0.3, 0.4) is 0 Å². The van der Waals surface area contributed by atoms with E-state index < -0.39 is 0 Å². The van der Waals surface area contributed by atoms with Crippen molar-refractivity contribution in [2.24, 2.45) is 0 Å². The van der Waals surface area contributed by atoms with Crippen LogP contribution in [0.2, 0.25) is 0 Å². The molecule has 1 atom stereocenters. The lowest BCUT2D eigenvalue weighted by Crippen LogP contribution is -2.08. The van der Waals surface area contributed by atoms with E-state index in [-0.39, 0.29) is 6.04 Å². The summed E-state index contributed by atoms with van der Waals surface area (Å²) in [5.41, 5.74) is 8.17. The first kappa shape index (κ1) is 14.0. The summed E-state index contributed by atoms with van der Waals surface area (Å²) in [6.07, 6.45) is 0.896. The van der Waals surface area contributed by atoms with Crippen LogP contribution in [0.15, 0.2) is 30.3 Å². The number of nitrogen functional groups attached to an aromatic ring is 1. The minimum Gasteiger partial charge on any atom is -0.439 e. The summed E-state index contributed by atoms with van der Waals surface area (Å²) in [5, 5.41) is 9.22. The quantitative estimate of drug-likeness (QED) is 0.911. The molecule has 0 amide bonds. The van der Waals surface area contributed by atoms with E-state index in [0.29, 0.717) is 17.3 Å². The van der Waals surface area contributed by atoms with Gasteiger partial charge < -0.3 is 10.5 Å². The first-order chi connectivity index (χ1) is 9.56. The third-order valence-corrected chi connectivity index (χ3v) is 3.40. The number of anilines is 1. The lowest BCUT2D eigenvalue weighted by atomic mass is 10.2. The van der Waals surface area contributed by atoms with Gasteiger partial charge in [0.25, 0.3) is 0 Å². The Kier molecular flexibility index (Phi) is 3.99. The molecule has 0 saturated carbocycles. The fraction of sp³-hybridized carbons (Fsp3) is 0.312. The Morgan fingerprint density at radius 1 is 1.35 bits per heavy atom. The van der Waals surface area contributed by atoms with Gasteiger partial charge in [0.15, 0.2) is 0 Å². The van der Waals surface area contributed by atoms with Gasteiger partial charge in [0.05, 0.1) is 5.69 Å². The zero-order chi connectivity index (χ0) is 14.7. The molecule has 0 aliphatic heterocycles. The van der Waals surface area contributed by atoms with Gasteiger partial charge in [0.2, 0.25) is 5.88 Å². The van der Waals surface area contributed by atoms with E-state index in [1.807, 2.05) is 42.7 Å². The molecule has 20 heavy (non-hydrogen) atoms. The van der Waals surface area contributed by atoms with Crippen molar-refractivity contribution in [2.45, 2.75) is 33.2 Å². The average molecular weight is 269 g/mol. The highest BCUT2D eigenvalue weighted by molar-refractivity contribution is 5.56. The summed E-state index contributed by atoms with van der Waals surface area (Å²) < 4.78 is 7.74. The number of ether oxygens (including phenoxy) is 1. The molecule has 0 saturated heterocycles. The Morgan fingerprint density at radius 2 is 2.00 bits per heavy atom. The standard InChI is InChI=1S/C16H19N3O/c1-4-12(3)19-13(10-17)9-15(18)16(19)20-14-7-5-11(2)6-8-14/h5-9,12H,4,18H2,1-3H3. The maximum atomic E-state index is 9.22. The highest BCUT2D eigenvalue weighted by atomic mass is 16.5. The maximum absolute atomic E-state index is 9.22. The predicted molar refractivity (Wildman–Crippen MR) is 79.8 cm³/mol. The van der Waals surface area contributed by atoms with Gasteiger partial charge >= 0.3 is 0 Å².